The average Bonchev–Trinajstić information content (AvgIpc) is 2.74. The highest BCUT2D eigenvalue weighted by Gasteiger charge is 2.58. The maximum atomic E-state index is 12.9. The van der Waals surface area contributed by atoms with Gasteiger partial charge in [-0.2, -0.15) is 0 Å². The highest BCUT2D eigenvalue weighted by atomic mass is 32.1. The first-order chi connectivity index (χ1) is 10.5. The van der Waals surface area contributed by atoms with Gasteiger partial charge in [0.2, 0.25) is 0 Å². The first-order valence-corrected chi connectivity index (χ1v) is 9.15. The Bertz CT molecular complexity index is 563. The second-order valence-electron chi connectivity index (χ2n) is 7.00. The quantitative estimate of drug-likeness (QED) is 0.831. The number of hydrogen-bond donors (Lipinski definition) is 0. The Labute approximate surface area is 136 Å². The highest BCUT2D eigenvalue weighted by molar-refractivity contribution is 7.13. The number of ether oxygens (including phenoxy) is 1. The van der Waals surface area contributed by atoms with Crippen molar-refractivity contribution in [1.82, 2.24) is 9.88 Å². The second-order valence-corrected chi connectivity index (χ2v) is 8.08. The monoisotopic (exact) mass is 322 g/mol. The second kappa shape index (κ2) is 5.93. The van der Waals surface area contributed by atoms with E-state index in [9.17, 15) is 4.79 Å². The molecule has 5 heteroatoms. The van der Waals surface area contributed by atoms with Crippen molar-refractivity contribution >= 4 is 17.2 Å². The number of hydrogen-bond acceptors (Lipinski definition) is 4. The Kier molecular flexibility index (Phi) is 4.29. The van der Waals surface area contributed by atoms with Gasteiger partial charge in [-0.1, -0.05) is 20.3 Å². The molecule has 4 nitrogen and oxygen atoms in total. The molecule has 1 saturated heterocycles. The van der Waals surface area contributed by atoms with Crippen LogP contribution in [0.2, 0.25) is 0 Å². The van der Waals surface area contributed by atoms with E-state index in [0.29, 0.717) is 30.6 Å². The lowest BCUT2D eigenvalue weighted by Gasteiger charge is -2.64. The van der Waals surface area contributed by atoms with Gasteiger partial charge < -0.3 is 9.64 Å². The van der Waals surface area contributed by atoms with Crippen molar-refractivity contribution in [3.05, 3.63) is 15.6 Å². The zero-order valence-electron chi connectivity index (χ0n) is 14.0. The van der Waals surface area contributed by atoms with E-state index in [4.69, 9.17) is 4.74 Å². The van der Waals surface area contributed by atoms with Gasteiger partial charge in [0.05, 0.1) is 12.3 Å². The summed E-state index contributed by atoms with van der Waals surface area (Å²) in [6.45, 7) is 10.5. The molecule has 1 aromatic heterocycles. The zero-order valence-corrected chi connectivity index (χ0v) is 14.8. The third-order valence-corrected chi connectivity index (χ3v) is 6.27. The molecule has 1 spiro atoms. The minimum atomic E-state index is 0.175. The summed E-state index contributed by atoms with van der Waals surface area (Å²) in [4.78, 5) is 20.3. The normalized spacial score (nSPS) is 22.8. The van der Waals surface area contributed by atoms with Gasteiger partial charge in [-0.3, -0.25) is 4.79 Å². The van der Waals surface area contributed by atoms with Crippen LogP contribution in [0, 0.1) is 18.3 Å². The first kappa shape index (κ1) is 15.9. The van der Waals surface area contributed by atoms with Gasteiger partial charge in [-0.15, -0.1) is 11.3 Å². The number of nitrogens with zero attached hydrogens (tertiary/aromatic N) is 2. The van der Waals surface area contributed by atoms with Crippen LogP contribution in [0.1, 0.15) is 60.4 Å². The van der Waals surface area contributed by atoms with Crippen LogP contribution in [-0.4, -0.2) is 35.0 Å². The third-order valence-electron chi connectivity index (χ3n) is 5.15. The molecule has 122 valence electrons. The number of likely N-dealkylation sites (tertiary alicyclic amines) is 1. The summed E-state index contributed by atoms with van der Waals surface area (Å²) in [6, 6.07) is 0.408. The molecule has 0 radical (unpaired) electrons. The fraction of sp³-hybridized carbons (Fsp3) is 0.765. The molecule has 1 saturated carbocycles. The molecule has 1 atom stereocenters. The molecule has 1 aromatic rings. The Morgan fingerprint density at radius 3 is 2.77 bits per heavy atom. The lowest BCUT2D eigenvalue weighted by Crippen LogP contribution is -2.70. The lowest BCUT2D eigenvalue weighted by molar-refractivity contribution is -0.120. The van der Waals surface area contributed by atoms with E-state index < -0.39 is 0 Å². The van der Waals surface area contributed by atoms with Crippen LogP contribution < -0.4 is 0 Å². The summed E-state index contributed by atoms with van der Waals surface area (Å²) < 4.78 is 5.41. The zero-order chi connectivity index (χ0) is 15.9. The largest absolute Gasteiger partial charge is 0.375 e. The number of aromatic nitrogens is 1. The van der Waals surface area contributed by atoms with Crippen LogP contribution in [0.25, 0.3) is 0 Å². The van der Waals surface area contributed by atoms with Gasteiger partial charge >= 0.3 is 0 Å². The van der Waals surface area contributed by atoms with Crippen LogP contribution in [0.15, 0.2) is 0 Å². The topological polar surface area (TPSA) is 42.4 Å². The maximum absolute atomic E-state index is 12.9. The Morgan fingerprint density at radius 1 is 1.50 bits per heavy atom. The molecule has 0 aromatic carbocycles. The summed E-state index contributed by atoms with van der Waals surface area (Å²) in [7, 11) is 0. The van der Waals surface area contributed by atoms with Crippen molar-refractivity contribution in [2.45, 2.75) is 59.6 Å². The molecule has 1 amide bonds. The summed E-state index contributed by atoms with van der Waals surface area (Å²) in [6.07, 6.45) is 3.90. The number of rotatable bonds is 5. The number of amides is 1. The fourth-order valence-corrected chi connectivity index (χ4v) is 5.09. The van der Waals surface area contributed by atoms with Crippen molar-refractivity contribution in [3.8, 4) is 0 Å². The lowest BCUT2D eigenvalue weighted by atomic mass is 9.55. The molecule has 2 heterocycles. The SMILES string of the molecule is CCOCc1nc(C)c(C(=O)N2CC3(CCC3)C2C(C)C)s1. The van der Waals surface area contributed by atoms with E-state index in [1.807, 2.05) is 13.8 Å². The maximum Gasteiger partial charge on any atom is 0.266 e. The summed E-state index contributed by atoms with van der Waals surface area (Å²) in [5.41, 5.74) is 1.28. The van der Waals surface area contributed by atoms with Crippen molar-refractivity contribution in [3.63, 3.8) is 0 Å². The molecule has 1 unspecified atom stereocenters. The standard InChI is InChI=1S/C17H26N2O2S/c1-5-21-9-13-18-12(4)14(22-13)16(20)19-10-17(7-6-8-17)15(19)11(2)3/h11,15H,5-10H2,1-4H3. The smallest absolute Gasteiger partial charge is 0.266 e. The van der Waals surface area contributed by atoms with Gasteiger partial charge in [0.1, 0.15) is 9.88 Å². The number of carbonyl (C=O) groups is 1. The molecule has 1 aliphatic carbocycles. The van der Waals surface area contributed by atoms with Crippen molar-refractivity contribution in [1.29, 1.82) is 0 Å². The van der Waals surface area contributed by atoms with E-state index in [-0.39, 0.29) is 5.91 Å². The minimum absolute atomic E-state index is 0.175. The van der Waals surface area contributed by atoms with Gasteiger partial charge in [-0.25, -0.2) is 4.98 Å². The summed E-state index contributed by atoms with van der Waals surface area (Å²) >= 11 is 1.50. The van der Waals surface area contributed by atoms with Gasteiger partial charge in [0.25, 0.3) is 5.91 Å². The fourth-order valence-electron chi connectivity index (χ4n) is 4.13. The van der Waals surface area contributed by atoms with Crippen LogP contribution in [-0.2, 0) is 11.3 Å². The molecule has 1 aliphatic heterocycles. The minimum Gasteiger partial charge on any atom is -0.375 e. The Morgan fingerprint density at radius 2 is 2.23 bits per heavy atom. The third kappa shape index (κ3) is 2.48. The van der Waals surface area contributed by atoms with E-state index >= 15 is 0 Å². The van der Waals surface area contributed by atoms with Crippen molar-refractivity contribution < 1.29 is 9.53 Å². The number of aryl methyl sites for hydroxylation is 1. The highest BCUT2D eigenvalue weighted by Crippen LogP contribution is 2.55. The molecular weight excluding hydrogens is 296 g/mol. The van der Waals surface area contributed by atoms with E-state index in [1.54, 1.807) is 0 Å². The molecule has 0 bridgehead atoms. The van der Waals surface area contributed by atoms with E-state index in [0.717, 1.165) is 22.1 Å². The van der Waals surface area contributed by atoms with Gasteiger partial charge in [-0.05, 0) is 32.6 Å². The van der Waals surface area contributed by atoms with Crippen molar-refractivity contribution in [2.24, 2.45) is 11.3 Å². The van der Waals surface area contributed by atoms with Crippen LogP contribution in [0.5, 0.6) is 0 Å². The predicted molar refractivity (Wildman–Crippen MR) is 88.1 cm³/mol. The van der Waals surface area contributed by atoms with Crippen LogP contribution in [0.3, 0.4) is 0 Å². The molecule has 0 N–H and O–H groups in total. The van der Waals surface area contributed by atoms with Gasteiger partial charge in [0.15, 0.2) is 0 Å². The average molecular weight is 322 g/mol. The molecule has 2 aliphatic rings. The van der Waals surface area contributed by atoms with Crippen molar-refractivity contribution in [2.75, 3.05) is 13.2 Å². The molecule has 2 fully saturated rings. The van der Waals surface area contributed by atoms with E-state index in [1.165, 1.54) is 30.6 Å². The van der Waals surface area contributed by atoms with Gasteiger partial charge in [0, 0.05) is 24.6 Å². The van der Waals surface area contributed by atoms with Crippen LogP contribution >= 0.6 is 11.3 Å². The number of thiazole rings is 1. The van der Waals surface area contributed by atoms with Crippen LogP contribution in [0.4, 0.5) is 0 Å². The molecule has 22 heavy (non-hydrogen) atoms. The first-order valence-electron chi connectivity index (χ1n) is 8.33. The molecular formula is C17H26N2O2S. The number of carbonyl (C=O) groups excluding carboxylic acids is 1. The summed E-state index contributed by atoms with van der Waals surface area (Å²) in [5.74, 6) is 0.697. The van der Waals surface area contributed by atoms with E-state index in [2.05, 4.69) is 23.7 Å². The predicted octanol–water partition coefficient (Wildman–Crippen LogP) is 3.64. The Hall–Kier alpha value is -0.940. The summed E-state index contributed by atoms with van der Waals surface area (Å²) in [5, 5.41) is 0.905. The molecule has 3 rings (SSSR count). The Balaban J connectivity index is 1.75.